The molecular formula is C12H20N2O4. The molecule has 2 unspecified atom stereocenters. The first-order chi connectivity index (χ1) is 8.54. The van der Waals surface area contributed by atoms with Crippen molar-refractivity contribution < 1.29 is 19.4 Å². The third-order valence-electron chi connectivity index (χ3n) is 4.05. The van der Waals surface area contributed by atoms with Gasteiger partial charge in [0.1, 0.15) is 6.04 Å². The Morgan fingerprint density at radius 1 is 1.39 bits per heavy atom. The Morgan fingerprint density at radius 2 is 2.06 bits per heavy atom. The lowest BCUT2D eigenvalue weighted by Gasteiger charge is -2.37. The summed E-state index contributed by atoms with van der Waals surface area (Å²) in [4.78, 5) is 26.6. The zero-order valence-corrected chi connectivity index (χ0v) is 10.8. The standard InChI is InChI=1S/C12H20N2O4/c1-13(8-4-3-5-8)12(17)14-7-9(18-2)6-10(14)11(15)16/h8-10H,3-7H2,1-2H3,(H,15,16). The fourth-order valence-electron chi connectivity index (χ4n) is 2.55. The van der Waals surface area contributed by atoms with E-state index in [1.54, 1.807) is 19.1 Å². The Kier molecular flexibility index (Phi) is 3.75. The number of carbonyl (C=O) groups is 2. The summed E-state index contributed by atoms with van der Waals surface area (Å²) in [6.45, 7) is 0.364. The highest BCUT2D eigenvalue weighted by Gasteiger charge is 2.42. The first-order valence-corrected chi connectivity index (χ1v) is 6.33. The number of carbonyl (C=O) groups excluding carboxylic acids is 1. The second kappa shape index (κ2) is 5.14. The molecule has 102 valence electrons. The van der Waals surface area contributed by atoms with Crippen molar-refractivity contribution in [3.8, 4) is 0 Å². The van der Waals surface area contributed by atoms with Crippen LogP contribution in [0.4, 0.5) is 4.79 Å². The van der Waals surface area contributed by atoms with Gasteiger partial charge in [-0.1, -0.05) is 0 Å². The van der Waals surface area contributed by atoms with Crippen molar-refractivity contribution in [2.75, 3.05) is 20.7 Å². The predicted molar refractivity (Wildman–Crippen MR) is 64.3 cm³/mol. The summed E-state index contributed by atoms with van der Waals surface area (Å²) < 4.78 is 5.18. The number of hydrogen-bond acceptors (Lipinski definition) is 3. The molecule has 0 aromatic heterocycles. The van der Waals surface area contributed by atoms with Gasteiger partial charge in [-0.15, -0.1) is 0 Å². The minimum atomic E-state index is -0.954. The zero-order valence-electron chi connectivity index (χ0n) is 10.8. The molecule has 0 radical (unpaired) electrons. The van der Waals surface area contributed by atoms with Crippen LogP contribution in [0.1, 0.15) is 25.7 Å². The maximum atomic E-state index is 12.3. The van der Waals surface area contributed by atoms with E-state index in [0.717, 1.165) is 19.3 Å². The molecule has 1 heterocycles. The van der Waals surface area contributed by atoms with Crippen LogP contribution in [0.2, 0.25) is 0 Å². The van der Waals surface area contributed by atoms with Crippen LogP contribution in [0.5, 0.6) is 0 Å². The van der Waals surface area contributed by atoms with E-state index >= 15 is 0 Å². The summed E-state index contributed by atoms with van der Waals surface area (Å²) in [5.74, 6) is -0.954. The van der Waals surface area contributed by atoms with Gasteiger partial charge in [-0.3, -0.25) is 0 Å². The van der Waals surface area contributed by atoms with Gasteiger partial charge in [0.2, 0.25) is 0 Å². The molecule has 1 saturated carbocycles. The molecule has 2 atom stereocenters. The highest BCUT2D eigenvalue weighted by molar-refractivity contribution is 5.83. The summed E-state index contributed by atoms with van der Waals surface area (Å²) in [7, 11) is 3.30. The monoisotopic (exact) mass is 256 g/mol. The number of carboxylic acid groups (broad SMARTS) is 1. The first kappa shape index (κ1) is 13.1. The molecule has 2 fully saturated rings. The van der Waals surface area contributed by atoms with Crippen LogP contribution >= 0.6 is 0 Å². The average Bonchev–Trinajstić information content (AvgIpc) is 2.69. The highest BCUT2D eigenvalue weighted by atomic mass is 16.5. The molecule has 2 aliphatic rings. The molecule has 1 N–H and O–H groups in total. The first-order valence-electron chi connectivity index (χ1n) is 6.33. The minimum Gasteiger partial charge on any atom is -0.480 e. The van der Waals surface area contributed by atoms with Gasteiger partial charge in [0, 0.05) is 33.2 Å². The van der Waals surface area contributed by atoms with Crippen molar-refractivity contribution in [3.63, 3.8) is 0 Å². The van der Waals surface area contributed by atoms with E-state index in [0.29, 0.717) is 13.0 Å². The molecule has 2 amide bonds. The quantitative estimate of drug-likeness (QED) is 0.809. The molecule has 0 bridgehead atoms. The predicted octanol–water partition coefficient (Wildman–Crippen LogP) is 0.765. The largest absolute Gasteiger partial charge is 0.480 e. The van der Waals surface area contributed by atoms with Gasteiger partial charge in [0.15, 0.2) is 0 Å². The molecule has 0 aromatic rings. The topological polar surface area (TPSA) is 70.1 Å². The van der Waals surface area contributed by atoms with Crippen LogP contribution < -0.4 is 0 Å². The van der Waals surface area contributed by atoms with Crippen molar-refractivity contribution >= 4 is 12.0 Å². The van der Waals surface area contributed by atoms with Gasteiger partial charge in [0.05, 0.1) is 6.10 Å². The van der Waals surface area contributed by atoms with Gasteiger partial charge >= 0.3 is 12.0 Å². The van der Waals surface area contributed by atoms with Crippen molar-refractivity contribution in [1.29, 1.82) is 0 Å². The molecule has 1 aliphatic carbocycles. The number of hydrogen-bond donors (Lipinski definition) is 1. The van der Waals surface area contributed by atoms with E-state index in [2.05, 4.69) is 0 Å². The fraction of sp³-hybridized carbons (Fsp3) is 0.833. The third-order valence-corrected chi connectivity index (χ3v) is 4.05. The normalized spacial score (nSPS) is 28.0. The number of ether oxygens (including phenoxy) is 1. The van der Waals surface area contributed by atoms with Crippen molar-refractivity contribution in [3.05, 3.63) is 0 Å². The summed E-state index contributed by atoms with van der Waals surface area (Å²) >= 11 is 0. The smallest absolute Gasteiger partial charge is 0.326 e. The highest BCUT2D eigenvalue weighted by Crippen LogP contribution is 2.27. The number of rotatable bonds is 3. The lowest BCUT2D eigenvalue weighted by Crippen LogP contribution is -2.51. The Bertz CT molecular complexity index is 343. The summed E-state index contributed by atoms with van der Waals surface area (Å²) in [6, 6.07) is -0.676. The zero-order chi connectivity index (χ0) is 13.3. The van der Waals surface area contributed by atoms with Gasteiger partial charge in [-0.05, 0) is 19.3 Å². The van der Waals surface area contributed by atoms with E-state index in [1.807, 2.05) is 0 Å². The molecule has 18 heavy (non-hydrogen) atoms. The van der Waals surface area contributed by atoms with Crippen molar-refractivity contribution in [2.24, 2.45) is 0 Å². The number of methoxy groups -OCH3 is 1. The number of carboxylic acids is 1. The number of likely N-dealkylation sites (tertiary alicyclic amines) is 1. The second-order valence-corrected chi connectivity index (χ2v) is 5.08. The van der Waals surface area contributed by atoms with E-state index < -0.39 is 12.0 Å². The Labute approximate surface area is 106 Å². The number of aliphatic carboxylic acids is 1. The Morgan fingerprint density at radius 3 is 2.50 bits per heavy atom. The second-order valence-electron chi connectivity index (χ2n) is 5.08. The lowest BCUT2D eigenvalue weighted by atomic mass is 9.92. The van der Waals surface area contributed by atoms with Crippen molar-refractivity contribution in [1.82, 2.24) is 9.80 Å². The molecule has 6 heteroatoms. The summed E-state index contributed by atoms with van der Waals surface area (Å²) in [5.41, 5.74) is 0. The summed E-state index contributed by atoms with van der Waals surface area (Å²) in [6.07, 6.45) is 3.37. The fourth-order valence-corrected chi connectivity index (χ4v) is 2.55. The third kappa shape index (κ3) is 2.29. The van der Waals surface area contributed by atoms with Crippen molar-refractivity contribution in [2.45, 2.75) is 43.9 Å². The van der Waals surface area contributed by atoms with Crippen LogP contribution in [0.3, 0.4) is 0 Å². The van der Waals surface area contributed by atoms with Crippen LogP contribution in [-0.2, 0) is 9.53 Å². The maximum absolute atomic E-state index is 12.3. The number of amides is 2. The molecule has 1 aliphatic heterocycles. The van der Waals surface area contributed by atoms with Gasteiger partial charge in [0.25, 0.3) is 0 Å². The molecule has 6 nitrogen and oxygen atoms in total. The molecule has 1 saturated heterocycles. The van der Waals surface area contributed by atoms with E-state index in [1.165, 1.54) is 4.90 Å². The molecule has 2 rings (SSSR count). The number of urea groups is 1. The molecular weight excluding hydrogens is 236 g/mol. The summed E-state index contributed by atoms with van der Waals surface area (Å²) in [5, 5.41) is 9.17. The Hall–Kier alpha value is -1.30. The Balaban J connectivity index is 2.04. The van der Waals surface area contributed by atoms with Crippen LogP contribution in [-0.4, -0.2) is 65.8 Å². The molecule has 0 aromatic carbocycles. The van der Waals surface area contributed by atoms with Crippen LogP contribution in [0.25, 0.3) is 0 Å². The minimum absolute atomic E-state index is 0.176. The van der Waals surface area contributed by atoms with E-state index in [-0.39, 0.29) is 18.2 Å². The number of nitrogens with zero attached hydrogens (tertiary/aromatic N) is 2. The SMILES string of the molecule is COC1CC(C(=O)O)N(C(=O)N(C)C2CCC2)C1. The van der Waals surface area contributed by atoms with E-state index in [9.17, 15) is 9.59 Å². The van der Waals surface area contributed by atoms with Gasteiger partial charge in [-0.2, -0.15) is 0 Å². The van der Waals surface area contributed by atoms with Crippen LogP contribution in [0, 0.1) is 0 Å². The molecule has 0 spiro atoms. The lowest BCUT2D eigenvalue weighted by molar-refractivity contribution is -0.141. The van der Waals surface area contributed by atoms with E-state index in [4.69, 9.17) is 9.84 Å². The van der Waals surface area contributed by atoms with Crippen LogP contribution in [0.15, 0.2) is 0 Å². The van der Waals surface area contributed by atoms with Gasteiger partial charge < -0.3 is 19.6 Å². The maximum Gasteiger partial charge on any atom is 0.326 e. The average molecular weight is 256 g/mol. The van der Waals surface area contributed by atoms with Gasteiger partial charge in [-0.25, -0.2) is 9.59 Å².